The van der Waals surface area contributed by atoms with Crippen LogP contribution in [-0.4, -0.2) is 21.0 Å². The third-order valence-corrected chi connectivity index (χ3v) is 2.94. The molecule has 2 aromatic rings. The zero-order valence-electron chi connectivity index (χ0n) is 11.2. The van der Waals surface area contributed by atoms with Crippen molar-refractivity contribution in [3.05, 3.63) is 59.7 Å². The molecule has 0 amide bonds. The van der Waals surface area contributed by atoms with Gasteiger partial charge in [-0.2, -0.15) is 0 Å². The van der Waals surface area contributed by atoms with E-state index in [9.17, 15) is 0 Å². The first-order valence-corrected chi connectivity index (χ1v) is 6.28. The van der Waals surface area contributed by atoms with Crippen LogP contribution in [0.15, 0.2) is 47.9 Å². The predicted molar refractivity (Wildman–Crippen MR) is 76.2 cm³/mol. The fraction of sp³-hybridized carbons (Fsp3) is 0.214. The van der Waals surface area contributed by atoms with Crippen LogP contribution >= 0.6 is 0 Å². The van der Waals surface area contributed by atoms with Gasteiger partial charge in [0, 0.05) is 25.0 Å². The Kier molecular flexibility index (Phi) is 4.62. The molecule has 0 aliphatic carbocycles. The van der Waals surface area contributed by atoms with Crippen molar-refractivity contribution < 1.29 is 5.21 Å². The van der Waals surface area contributed by atoms with Crippen molar-refractivity contribution in [1.29, 1.82) is 0 Å². The number of hydrogen-bond acceptors (Lipinski definition) is 5. The van der Waals surface area contributed by atoms with Crippen molar-refractivity contribution >= 4 is 5.84 Å². The monoisotopic (exact) mass is 271 g/mol. The smallest absolute Gasteiger partial charge is 0.188 e. The molecular formula is C14H17N5O. The summed E-state index contributed by atoms with van der Waals surface area (Å²) in [7, 11) is 0. The lowest BCUT2D eigenvalue weighted by Gasteiger charge is -2.13. The first-order chi connectivity index (χ1) is 9.70. The van der Waals surface area contributed by atoms with Gasteiger partial charge in [-0.25, -0.2) is 0 Å². The third kappa shape index (κ3) is 3.52. The van der Waals surface area contributed by atoms with Crippen LogP contribution in [0.5, 0.6) is 0 Å². The third-order valence-electron chi connectivity index (χ3n) is 2.94. The highest BCUT2D eigenvalue weighted by atomic mass is 16.4. The summed E-state index contributed by atoms with van der Waals surface area (Å²) in [5, 5.41) is 15.0. The van der Waals surface area contributed by atoms with Crippen LogP contribution in [0.3, 0.4) is 0 Å². The van der Waals surface area contributed by atoms with E-state index in [0.717, 1.165) is 11.3 Å². The van der Waals surface area contributed by atoms with E-state index in [1.54, 1.807) is 18.5 Å². The van der Waals surface area contributed by atoms with Gasteiger partial charge in [0.05, 0.1) is 5.69 Å². The lowest BCUT2D eigenvalue weighted by atomic mass is 10.1. The van der Waals surface area contributed by atoms with Crippen molar-refractivity contribution in [3.63, 3.8) is 0 Å². The van der Waals surface area contributed by atoms with E-state index in [1.165, 1.54) is 0 Å². The highest BCUT2D eigenvalue weighted by Crippen LogP contribution is 2.10. The normalized spacial score (nSPS) is 13.2. The fourth-order valence-corrected chi connectivity index (χ4v) is 1.78. The Morgan fingerprint density at radius 3 is 2.90 bits per heavy atom. The summed E-state index contributed by atoms with van der Waals surface area (Å²) in [5.41, 5.74) is 7.96. The van der Waals surface area contributed by atoms with Crippen LogP contribution in [0.1, 0.15) is 29.9 Å². The van der Waals surface area contributed by atoms with Crippen LogP contribution in [0.4, 0.5) is 0 Å². The minimum Gasteiger partial charge on any atom is -0.409 e. The average Bonchev–Trinajstić information content (AvgIpc) is 2.53. The SMILES string of the molecule is CC(NCc1ccnc(C(N)=NO)c1)c1ccccn1. The fourth-order valence-electron chi connectivity index (χ4n) is 1.78. The molecule has 1 unspecified atom stereocenters. The molecule has 0 spiro atoms. The Bertz CT molecular complexity index is 585. The first kappa shape index (κ1) is 14.0. The summed E-state index contributed by atoms with van der Waals surface area (Å²) < 4.78 is 0. The van der Waals surface area contributed by atoms with Crippen molar-refractivity contribution in [2.45, 2.75) is 19.5 Å². The Labute approximate surface area is 117 Å². The molecule has 0 radical (unpaired) electrons. The molecular weight excluding hydrogens is 254 g/mol. The maximum absolute atomic E-state index is 8.64. The van der Waals surface area contributed by atoms with Gasteiger partial charge in [-0.3, -0.25) is 9.97 Å². The number of nitrogens with zero attached hydrogens (tertiary/aromatic N) is 3. The van der Waals surface area contributed by atoms with Gasteiger partial charge in [-0.05, 0) is 36.8 Å². The van der Waals surface area contributed by atoms with E-state index in [1.807, 2.05) is 31.2 Å². The summed E-state index contributed by atoms with van der Waals surface area (Å²) in [6.07, 6.45) is 3.41. The number of aromatic nitrogens is 2. The molecule has 104 valence electrons. The van der Waals surface area contributed by atoms with Crippen LogP contribution in [-0.2, 0) is 6.54 Å². The number of amidine groups is 1. The second-order valence-corrected chi connectivity index (χ2v) is 4.39. The molecule has 0 aliphatic rings. The summed E-state index contributed by atoms with van der Waals surface area (Å²) >= 11 is 0. The Morgan fingerprint density at radius 1 is 1.35 bits per heavy atom. The molecule has 0 saturated heterocycles. The number of nitrogens with one attached hydrogen (secondary N) is 1. The molecule has 1 atom stereocenters. The van der Waals surface area contributed by atoms with E-state index in [2.05, 4.69) is 20.4 Å². The van der Waals surface area contributed by atoms with Crippen molar-refractivity contribution in [3.8, 4) is 0 Å². The van der Waals surface area contributed by atoms with E-state index in [4.69, 9.17) is 10.9 Å². The molecule has 6 nitrogen and oxygen atoms in total. The van der Waals surface area contributed by atoms with Crippen LogP contribution < -0.4 is 11.1 Å². The average molecular weight is 271 g/mol. The van der Waals surface area contributed by atoms with Gasteiger partial charge < -0.3 is 16.3 Å². The van der Waals surface area contributed by atoms with Crippen LogP contribution in [0.25, 0.3) is 0 Å². The van der Waals surface area contributed by atoms with Crippen LogP contribution in [0.2, 0.25) is 0 Å². The molecule has 6 heteroatoms. The molecule has 4 N–H and O–H groups in total. The molecule has 0 aromatic carbocycles. The lowest BCUT2D eigenvalue weighted by Crippen LogP contribution is -2.20. The molecule has 20 heavy (non-hydrogen) atoms. The Balaban J connectivity index is 2.01. The van der Waals surface area contributed by atoms with Gasteiger partial charge in [0.25, 0.3) is 0 Å². The van der Waals surface area contributed by atoms with Gasteiger partial charge in [-0.15, -0.1) is 0 Å². The van der Waals surface area contributed by atoms with Gasteiger partial charge in [-0.1, -0.05) is 11.2 Å². The van der Waals surface area contributed by atoms with E-state index < -0.39 is 0 Å². The summed E-state index contributed by atoms with van der Waals surface area (Å²) in [5.74, 6) is 0.00428. The molecule has 0 bridgehead atoms. The van der Waals surface area contributed by atoms with Gasteiger partial charge in [0.15, 0.2) is 5.84 Å². The highest BCUT2D eigenvalue weighted by Gasteiger charge is 2.07. The number of hydrogen-bond donors (Lipinski definition) is 3. The van der Waals surface area contributed by atoms with Gasteiger partial charge >= 0.3 is 0 Å². The van der Waals surface area contributed by atoms with E-state index >= 15 is 0 Å². The molecule has 2 rings (SSSR count). The van der Waals surface area contributed by atoms with E-state index in [0.29, 0.717) is 12.2 Å². The van der Waals surface area contributed by atoms with Crippen molar-refractivity contribution in [2.24, 2.45) is 10.9 Å². The zero-order chi connectivity index (χ0) is 14.4. The van der Waals surface area contributed by atoms with Crippen LogP contribution in [0, 0.1) is 0 Å². The molecule has 0 aliphatic heterocycles. The molecule has 0 fully saturated rings. The van der Waals surface area contributed by atoms with Crippen molar-refractivity contribution in [2.75, 3.05) is 0 Å². The largest absolute Gasteiger partial charge is 0.409 e. The highest BCUT2D eigenvalue weighted by molar-refractivity contribution is 5.95. The Hall–Kier alpha value is -2.47. The quantitative estimate of drug-likeness (QED) is 0.331. The van der Waals surface area contributed by atoms with Crippen molar-refractivity contribution in [1.82, 2.24) is 15.3 Å². The predicted octanol–water partition coefficient (Wildman–Crippen LogP) is 1.42. The minimum atomic E-state index is 0.00428. The Morgan fingerprint density at radius 2 is 2.20 bits per heavy atom. The van der Waals surface area contributed by atoms with Gasteiger partial charge in [0.1, 0.15) is 5.69 Å². The minimum absolute atomic E-state index is 0.00428. The summed E-state index contributed by atoms with van der Waals surface area (Å²) in [6, 6.07) is 9.63. The topological polar surface area (TPSA) is 96.4 Å². The second kappa shape index (κ2) is 6.63. The number of nitrogens with two attached hydrogens (primary N) is 1. The first-order valence-electron chi connectivity index (χ1n) is 6.28. The standard InChI is InChI=1S/C14H17N5O/c1-10(12-4-2-3-6-16-12)18-9-11-5-7-17-13(8-11)14(15)19-20/h2-8,10,18,20H,9H2,1H3,(H2,15,19). The molecule has 2 aromatic heterocycles. The molecule has 2 heterocycles. The number of oxime groups is 1. The lowest BCUT2D eigenvalue weighted by molar-refractivity contribution is 0.318. The summed E-state index contributed by atoms with van der Waals surface area (Å²) in [4.78, 5) is 8.34. The second-order valence-electron chi connectivity index (χ2n) is 4.39. The molecule has 0 saturated carbocycles. The zero-order valence-corrected chi connectivity index (χ0v) is 11.2. The van der Waals surface area contributed by atoms with Gasteiger partial charge in [0.2, 0.25) is 0 Å². The van der Waals surface area contributed by atoms with E-state index in [-0.39, 0.29) is 11.9 Å². The summed E-state index contributed by atoms with van der Waals surface area (Å²) in [6.45, 7) is 2.69. The maximum atomic E-state index is 8.64. The maximum Gasteiger partial charge on any atom is 0.188 e. The number of pyridine rings is 2. The number of rotatable bonds is 5.